The number of nitrogen functional groups attached to an aromatic ring is 5. The smallest absolute Gasteiger partial charge is 0.360 e. The maximum atomic E-state index is 12.5. The summed E-state index contributed by atoms with van der Waals surface area (Å²) in [6.07, 6.45) is 5.65. The Morgan fingerprint density at radius 3 is 1.26 bits per heavy atom. The second-order valence-corrected chi connectivity index (χ2v) is 30.4. The van der Waals surface area contributed by atoms with E-state index < -0.39 is 87.3 Å². The van der Waals surface area contributed by atoms with Gasteiger partial charge in [-0.15, -0.1) is 10.2 Å². The molecule has 4 aromatic carbocycles. The van der Waals surface area contributed by atoms with Crippen LogP contribution in [0.2, 0.25) is 0 Å². The van der Waals surface area contributed by atoms with E-state index in [1.165, 1.54) is 80.4 Å². The van der Waals surface area contributed by atoms with Gasteiger partial charge in [0, 0.05) is 16.7 Å². The topological polar surface area (TPSA) is 590 Å². The van der Waals surface area contributed by atoms with Gasteiger partial charge >= 0.3 is 18.0 Å². The molecule has 7 heterocycles. The standard InChI is InChI=1S/C25H21N7O6S.C17H19N7O4S.C14H17N5O3S.C6H6BrN3O2/c1-13(2)39(36,37)15-9-7-14(8-10-15)18-11-27-21(26)20(28-18)22-30-31-25(38-22)29-19(33)12-32-23(34)16-5-3-4-6-17(16)24(32)35;1-9(2)29(26,27)11-5-3-10(4-6-11)12-8-20-15(19)14(21-12)16-23-24-17(28-16)22-13(25)7-18;1-8(2)23(21,22)10-5-3-9(4-6-10)11-7-17-13(15)12(18-11)14(20)19-16;1-12-6(11)4-5(8)9-2-3(7)10-4/h3-11,13H,12H2,1-2H3,(H2,26,27)(H,29,31,33);3-6,8-9H,7,18H2,1-2H3,(H2,19,20)(H,22,24,25);3-8H,16H2,1-2H3,(H2,15,17)(H,19,20);2H,1H3,(H2,8,9). The SMILES string of the molecule is CC(C)S(=O)(=O)c1ccc(-c2cnc(N)c(-c3nnc(NC(=O)CN)o3)n2)cc1.CC(C)S(=O)(=O)c1ccc(-c2cnc(N)c(-c3nnc(NC(=O)CN4C(=O)c5ccccc5C4=O)o3)n2)cc1.CC(C)S(=O)(=O)c1ccc(-c2cnc(N)c(C(=O)NN)n2)cc1.COC(=O)c1nc(Br)cnc1N. The summed E-state index contributed by atoms with van der Waals surface area (Å²) in [4.78, 5) is 105. The highest BCUT2D eigenvalue weighted by atomic mass is 79.9. The van der Waals surface area contributed by atoms with Crippen LogP contribution >= 0.6 is 15.9 Å². The van der Waals surface area contributed by atoms with E-state index in [4.69, 9.17) is 43.3 Å². The first-order valence-corrected chi connectivity index (χ1v) is 35.3. The molecule has 0 radical (unpaired) electrons. The lowest BCUT2D eigenvalue weighted by Gasteiger charge is -2.12. The van der Waals surface area contributed by atoms with Crippen molar-refractivity contribution in [3.63, 3.8) is 0 Å². The van der Waals surface area contributed by atoms with Gasteiger partial charge in [0.15, 0.2) is 75.6 Å². The van der Waals surface area contributed by atoms with Crippen LogP contribution in [0.4, 0.5) is 35.3 Å². The minimum atomic E-state index is -3.43. The molecule has 15 N–H and O–H groups in total. The summed E-state index contributed by atoms with van der Waals surface area (Å²) in [5, 5.41) is 18.2. The van der Waals surface area contributed by atoms with Crippen molar-refractivity contribution in [1.82, 2.24) is 70.6 Å². The molecule has 0 spiro atoms. The lowest BCUT2D eigenvalue weighted by molar-refractivity contribution is -0.117. The number of hydrazine groups is 1. The lowest BCUT2D eigenvalue weighted by Crippen LogP contribution is -2.37. The molecular formula is C62H63BrN22O15S3. The van der Waals surface area contributed by atoms with Crippen LogP contribution in [0.25, 0.3) is 56.9 Å². The van der Waals surface area contributed by atoms with Crippen molar-refractivity contribution < 1.29 is 67.6 Å². The van der Waals surface area contributed by atoms with E-state index in [1.54, 1.807) is 90.1 Å². The Labute approximate surface area is 594 Å². The number of sulfone groups is 3. The van der Waals surface area contributed by atoms with E-state index in [1.807, 2.05) is 5.43 Å². The molecule has 0 aliphatic carbocycles. The first kappa shape index (κ1) is 76.7. The van der Waals surface area contributed by atoms with Crippen molar-refractivity contribution in [2.24, 2.45) is 11.6 Å². The van der Waals surface area contributed by atoms with Crippen LogP contribution in [0, 0.1) is 0 Å². The molecule has 11 rings (SSSR count). The first-order valence-electron chi connectivity index (χ1n) is 29.9. The number of halogens is 1. The van der Waals surface area contributed by atoms with Crippen molar-refractivity contribution in [2.75, 3.05) is 53.8 Å². The van der Waals surface area contributed by atoms with Gasteiger partial charge < -0.3 is 42.2 Å². The van der Waals surface area contributed by atoms with Crippen molar-refractivity contribution in [3.05, 3.63) is 149 Å². The van der Waals surface area contributed by atoms with Crippen molar-refractivity contribution in [2.45, 2.75) is 72.0 Å². The summed E-state index contributed by atoms with van der Waals surface area (Å²) in [6.45, 7) is 8.89. The number of carbonyl (C=O) groups is 6. The summed E-state index contributed by atoms with van der Waals surface area (Å²) >= 11 is 3.06. The van der Waals surface area contributed by atoms with Gasteiger partial charge in [-0.05, 0) is 106 Å². The largest absolute Gasteiger partial charge is 0.464 e. The lowest BCUT2D eigenvalue weighted by atomic mass is 10.1. The highest BCUT2D eigenvalue weighted by Gasteiger charge is 2.37. The quantitative estimate of drug-likeness (QED) is 0.0191. The molecule has 0 atom stereocenters. The number of hydrogen-bond acceptors (Lipinski definition) is 33. The molecule has 10 aromatic rings. The highest BCUT2D eigenvalue weighted by molar-refractivity contribution is 9.10. The minimum absolute atomic E-state index is 0.0203. The number of anilines is 6. The number of esters is 1. The zero-order valence-corrected chi connectivity index (χ0v) is 59.2. The number of ether oxygens (including phenoxy) is 1. The summed E-state index contributed by atoms with van der Waals surface area (Å²) in [5.74, 6) is 1.29. The Hall–Kier alpha value is -12.1. The fourth-order valence-corrected chi connectivity index (χ4v) is 12.1. The number of aromatic nitrogens is 12. The Balaban J connectivity index is 0.000000186. The zero-order valence-electron chi connectivity index (χ0n) is 55.2. The molecule has 0 unspecified atom stereocenters. The monoisotopic (exact) mass is 1530 g/mol. The van der Waals surface area contributed by atoms with Crippen LogP contribution in [-0.4, -0.2) is 162 Å². The third kappa shape index (κ3) is 17.9. The molecule has 6 aromatic heterocycles. The third-order valence-corrected chi connectivity index (χ3v) is 21.2. The Morgan fingerprint density at radius 1 is 0.515 bits per heavy atom. The predicted octanol–water partition coefficient (Wildman–Crippen LogP) is 4.17. The summed E-state index contributed by atoms with van der Waals surface area (Å²) < 4.78 is 89.2. The molecular weight excluding hydrogens is 1470 g/mol. The third-order valence-electron chi connectivity index (χ3n) is 14.3. The number of amides is 5. The number of nitrogens with two attached hydrogens (primary N) is 6. The van der Waals surface area contributed by atoms with Gasteiger partial charge in [0.1, 0.15) is 11.1 Å². The number of methoxy groups -OCH3 is 1. The minimum Gasteiger partial charge on any atom is -0.464 e. The fraction of sp³-hybridized carbons (Fsp3) is 0.194. The Morgan fingerprint density at radius 2 is 0.883 bits per heavy atom. The van der Waals surface area contributed by atoms with Gasteiger partial charge in [0.05, 0.1) is 97.1 Å². The van der Waals surface area contributed by atoms with E-state index >= 15 is 0 Å². The maximum Gasteiger partial charge on any atom is 0.360 e. The molecule has 5 amide bonds. The summed E-state index contributed by atoms with van der Waals surface area (Å²) in [6, 6.07) is 24.4. The summed E-state index contributed by atoms with van der Waals surface area (Å²) in [5.41, 5.74) is 33.4. The molecule has 1 aliphatic heterocycles. The first-order chi connectivity index (χ1) is 48.7. The molecule has 0 saturated carbocycles. The van der Waals surface area contributed by atoms with Crippen LogP contribution in [0.15, 0.2) is 150 Å². The fourth-order valence-electron chi connectivity index (χ4n) is 8.64. The van der Waals surface area contributed by atoms with Crippen molar-refractivity contribution in [1.29, 1.82) is 0 Å². The number of nitrogens with zero attached hydrogens (tertiary/aromatic N) is 13. The van der Waals surface area contributed by atoms with Gasteiger partial charge in [-0.25, -0.2) is 75.8 Å². The van der Waals surface area contributed by atoms with Crippen LogP contribution in [-0.2, 0) is 43.8 Å². The Bertz CT molecular complexity index is 5190. The number of benzene rings is 4. The second kappa shape index (κ2) is 32.5. The Kier molecular flexibility index (Phi) is 24.2. The van der Waals surface area contributed by atoms with Gasteiger partial charge in [0.2, 0.25) is 11.8 Å². The predicted molar refractivity (Wildman–Crippen MR) is 374 cm³/mol. The normalized spacial score (nSPS) is 11.9. The molecule has 1 aliphatic rings. The number of hydrogen-bond donors (Lipinski definition) is 9. The molecule has 0 fully saturated rings. The van der Waals surface area contributed by atoms with Crippen molar-refractivity contribution in [3.8, 4) is 56.9 Å². The van der Waals surface area contributed by atoms with Gasteiger partial charge in [-0.2, -0.15) is 0 Å². The van der Waals surface area contributed by atoms with E-state index in [0.717, 1.165) is 4.90 Å². The van der Waals surface area contributed by atoms with Gasteiger partial charge in [-0.1, -0.05) is 58.7 Å². The van der Waals surface area contributed by atoms with E-state index in [-0.39, 0.29) is 102 Å². The average molecular weight is 1530 g/mol. The van der Waals surface area contributed by atoms with E-state index in [0.29, 0.717) is 38.4 Å². The van der Waals surface area contributed by atoms with Gasteiger partial charge in [-0.3, -0.25) is 44.9 Å². The molecule has 103 heavy (non-hydrogen) atoms. The highest BCUT2D eigenvalue weighted by Crippen LogP contribution is 2.31. The summed E-state index contributed by atoms with van der Waals surface area (Å²) in [7, 11) is -8.90. The van der Waals surface area contributed by atoms with Crippen molar-refractivity contribution >= 4 is 116 Å². The molecule has 0 bridgehead atoms. The number of nitrogens with one attached hydrogen (secondary N) is 3. The molecule has 536 valence electrons. The molecule has 41 heteroatoms. The number of imide groups is 1. The van der Waals surface area contributed by atoms with Crippen LogP contribution in [0.3, 0.4) is 0 Å². The van der Waals surface area contributed by atoms with E-state index in [2.05, 4.69) is 91.6 Å². The van der Waals surface area contributed by atoms with E-state index in [9.17, 15) is 54.0 Å². The second-order valence-electron chi connectivity index (χ2n) is 22.1. The molecule has 0 saturated heterocycles. The van der Waals surface area contributed by atoms with Gasteiger partial charge in [0.25, 0.3) is 29.5 Å². The maximum absolute atomic E-state index is 12.5. The van der Waals surface area contributed by atoms with Crippen LogP contribution in [0.1, 0.15) is 83.2 Å². The zero-order chi connectivity index (χ0) is 75.4. The van der Waals surface area contributed by atoms with Crippen LogP contribution in [0.5, 0.6) is 0 Å². The number of fused-ring (bicyclic) bond motifs is 1. The molecule has 37 nitrogen and oxygen atoms in total. The van der Waals surface area contributed by atoms with Crippen LogP contribution < -0.4 is 50.6 Å². The number of rotatable bonds is 18. The number of carbonyl (C=O) groups excluding carboxylic acids is 6. The average Bonchev–Trinajstić information content (AvgIpc) is 1.74.